The number of methoxy groups -OCH3 is 1. The monoisotopic (exact) mass is 256 g/mol. The van der Waals surface area contributed by atoms with Crippen LogP contribution in [0.25, 0.3) is 0 Å². The number of nitrogens with zero attached hydrogens (tertiary/aromatic N) is 2. The zero-order valence-electron chi connectivity index (χ0n) is 10.3. The molecule has 0 saturated carbocycles. The van der Waals surface area contributed by atoms with Gasteiger partial charge in [-0.1, -0.05) is 12.2 Å². The number of rotatable bonds is 4. The van der Waals surface area contributed by atoms with Crippen molar-refractivity contribution < 1.29 is 9.53 Å². The summed E-state index contributed by atoms with van der Waals surface area (Å²) in [5.74, 6) is 0.255. The Bertz CT molecular complexity index is 455. The number of hydrogen-bond acceptors (Lipinski definition) is 5. The van der Waals surface area contributed by atoms with Crippen LogP contribution in [0.5, 0.6) is 0 Å². The Labute approximate surface area is 105 Å². The minimum Gasteiger partial charge on any atom is -0.467 e. The smallest absolute Gasteiger partial charge is 0.328 e. The molecule has 94 valence electrons. The van der Waals surface area contributed by atoms with Gasteiger partial charge in [-0.25, -0.2) is 4.79 Å². The van der Waals surface area contributed by atoms with E-state index in [1.54, 1.807) is 18.7 Å². The number of thiocarbonyl (C=S) groups is 1. The van der Waals surface area contributed by atoms with Crippen LogP contribution in [-0.4, -0.2) is 33.9 Å². The molecule has 6 nitrogen and oxygen atoms in total. The minimum atomic E-state index is -0.497. The van der Waals surface area contributed by atoms with Crippen LogP contribution in [0.3, 0.4) is 0 Å². The maximum Gasteiger partial charge on any atom is 0.328 e. The average Bonchev–Trinajstić information content (AvgIpc) is 2.52. The Morgan fingerprint density at radius 3 is 2.71 bits per heavy atom. The summed E-state index contributed by atoms with van der Waals surface area (Å²) in [6.45, 7) is 3.50. The molecular weight excluding hydrogens is 240 g/mol. The van der Waals surface area contributed by atoms with Gasteiger partial charge in [-0.3, -0.25) is 4.68 Å². The van der Waals surface area contributed by atoms with Crippen molar-refractivity contribution in [2.75, 3.05) is 12.4 Å². The molecule has 7 heteroatoms. The summed E-state index contributed by atoms with van der Waals surface area (Å²) >= 11 is 4.97. The second kappa shape index (κ2) is 5.13. The van der Waals surface area contributed by atoms with E-state index in [4.69, 9.17) is 18.0 Å². The zero-order valence-corrected chi connectivity index (χ0v) is 11.1. The van der Waals surface area contributed by atoms with E-state index in [1.807, 2.05) is 6.92 Å². The fraction of sp³-hybridized carbons (Fsp3) is 0.500. The largest absolute Gasteiger partial charge is 0.467 e. The lowest BCUT2D eigenvalue weighted by atomic mass is 10.2. The highest BCUT2D eigenvalue weighted by atomic mass is 32.1. The van der Waals surface area contributed by atoms with Gasteiger partial charge in [0, 0.05) is 7.05 Å². The van der Waals surface area contributed by atoms with Crippen LogP contribution >= 0.6 is 12.2 Å². The van der Waals surface area contributed by atoms with Gasteiger partial charge < -0.3 is 15.8 Å². The first-order chi connectivity index (χ1) is 7.88. The van der Waals surface area contributed by atoms with Gasteiger partial charge in [-0.2, -0.15) is 5.10 Å². The van der Waals surface area contributed by atoms with Crippen molar-refractivity contribution in [3.8, 4) is 0 Å². The number of esters is 1. The van der Waals surface area contributed by atoms with Gasteiger partial charge in [0.15, 0.2) is 0 Å². The molecular formula is C10H16N4O2S. The van der Waals surface area contributed by atoms with Gasteiger partial charge in [0.05, 0.1) is 18.4 Å². The third-order valence-corrected chi connectivity index (χ3v) is 2.58. The van der Waals surface area contributed by atoms with Gasteiger partial charge in [0.1, 0.15) is 16.8 Å². The highest BCUT2D eigenvalue weighted by molar-refractivity contribution is 7.80. The van der Waals surface area contributed by atoms with Crippen molar-refractivity contribution in [1.29, 1.82) is 0 Å². The third kappa shape index (κ3) is 2.73. The maximum atomic E-state index is 11.3. The summed E-state index contributed by atoms with van der Waals surface area (Å²) in [6.07, 6.45) is 0. The summed E-state index contributed by atoms with van der Waals surface area (Å²) in [7, 11) is 3.09. The predicted molar refractivity (Wildman–Crippen MR) is 68.9 cm³/mol. The lowest BCUT2D eigenvalue weighted by Gasteiger charge is -2.14. The van der Waals surface area contributed by atoms with Gasteiger partial charge in [-0.15, -0.1) is 0 Å². The minimum absolute atomic E-state index is 0.246. The molecule has 0 spiro atoms. The van der Waals surface area contributed by atoms with E-state index in [2.05, 4.69) is 15.2 Å². The second-order valence-electron chi connectivity index (χ2n) is 3.69. The number of anilines is 1. The number of carbonyl (C=O) groups is 1. The molecule has 1 rings (SSSR count). The Kier molecular flexibility index (Phi) is 4.06. The lowest BCUT2D eigenvalue weighted by Crippen LogP contribution is -2.29. The Balaban J connectivity index is 3.06. The Morgan fingerprint density at radius 2 is 2.24 bits per heavy atom. The summed E-state index contributed by atoms with van der Waals surface area (Å²) in [5.41, 5.74) is 7.01. The number of nitrogens with one attached hydrogen (secondary N) is 1. The summed E-state index contributed by atoms with van der Waals surface area (Å²) in [4.78, 5) is 11.6. The fourth-order valence-corrected chi connectivity index (χ4v) is 1.80. The van der Waals surface area contributed by atoms with E-state index in [9.17, 15) is 4.79 Å². The first-order valence-corrected chi connectivity index (χ1v) is 5.47. The van der Waals surface area contributed by atoms with Crippen molar-refractivity contribution in [3.05, 3.63) is 11.3 Å². The van der Waals surface area contributed by atoms with Crippen LogP contribution in [0.4, 0.5) is 5.82 Å². The second-order valence-corrected chi connectivity index (χ2v) is 4.13. The molecule has 1 heterocycles. The Morgan fingerprint density at radius 1 is 1.65 bits per heavy atom. The molecule has 0 aromatic carbocycles. The van der Waals surface area contributed by atoms with Crippen molar-refractivity contribution in [3.63, 3.8) is 0 Å². The van der Waals surface area contributed by atoms with E-state index >= 15 is 0 Å². The van der Waals surface area contributed by atoms with Crippen LogP contribution in [-0.2, 0) is 16.6 Å². The molecule has 0 aliphatic heterocycles. The number of ether oxygens (including phenoxy) is 1. The van der Waals surface area contributed by atoms with Gasteiger partial charge >= 0.3 is 5.97 Å². The number of nitrogens with two attached hydrogens (primary N) is 1. The van der Waals surface area contributed by atoms with Crippen LogP contribution in [0, 0.1) is 6.92 Å². The maximum absolute atomic E-state index is 11.3. The van der Waals surface area contributed by atoms with Gasteiger partial charge in [0.2, 0.25) is 0 Å². The normalized spacial score (nSPS) is 12.0. The standard InChI is InChI=1S/C10H16N4O2S/c1-5-7(8(11)17)9(14(3)13-5)12-6(2)10(15)16-4/h6,12H,1-4H3,(H2,11,17). The quantitative estimate of drug-likeness (QED) is 0.597. The van der Waals surface area contributed by atoms with Crippen LogP contribution in [0.15, 0.2) is 0 Å². The predicted octanol–water partition coefficient (Wildman–Crippen LogP) is 0.336. The molecule has 1 atom stereocenters. The first kappa shape index (κ1) is 13.4. The molecule has 1 unspecified atom stereocenters. The highest BCUT2D eigenvalue weighted by Gasteiger charge is 2.20. The van der Waals surface area contributed by atoms with Crippen molar-refractivity contribution >= 4 is 29.0 Å². The first-order valence-electron chi connectivity index (χ1n) is 5.06. The van der Waals surface area contributed by atoms with E-state index in [0.717, 1.165) is 5.69 Å². The number of aromatic nitrogens is 2. The summed E-state index contributed by atoms with van der Waals surface area (Å²) in [5, 5.41) is 7.20. The molecule has 17 heavy (non-hydrogen) atoms. The number of aryl methyl sites for hydroxylation is 2. The van der Waals surface area contributed by atoms with Crippen molar-refractivity contribution in [2.45, 2.75) is 19.9 Å². The third-order valence-electron chi connectivity index (χ3n) is 2.38. The molecule has 1 aromatic rings. The molecule has 0 bridgehead atoms. The molecule has 0 aliphatic rings. The Hall–Kier alpha value is -1.63. The van der Waals surface area contributed by atoms with E-state index < -0.39 is 6.04 Å². The SMILES string of the molecule is COC(=O)C(C)Nc1c(C(N)=S)c(C)nn1C. The van der Waals surface area contributed by atoms with Crippen LogP contribution < -0.4 is 11.1 Å². The lowest BCUT2D eigenvalue weighted by molar-refractivity contribution is -0.141. The fourth-order valence-electron chi connectivity index (χ4n) is 1.56. The van der Waals surface area contributed by atoms with Gasteiger partial charge in [-0.05, 0) is 13.8 Å². The van der Waals surface area contributed by atoms with Crippen molar-refractivity contribution in [1.82, 2.24) is 9.78 Å². The molecule has 0 amide bonds. The number of carbonyl (C=O) groups excluding carboxylic acids is 1. The topological polar surface area (TPSA) is 82.2 Å². The number of hydrogen-bond donors (Lipinski definition) is 2. The molecule has 0 saturated heterocycles. The van der Waals surface area contributed by atoms with Crippen LogP contribution in [0.1, 0.15) is 18.2 Å². The van der Waals surface area contributed by atoms with Gasteiger partial charge in [0.25, 0.3) is 0 Å². The molecule has 0 radical (unpaired) electrons. The van der Waals surface area contributed by atoms with Crippen molar-refractivity contribution in [2.24, 2.45) is 12.8 Å². The van der Waals surface area contributed by atoms with E-state index in [-0.39, 0.29) is 11.0 Å². The van der Waals surface area contributed by atoms with E-state index in [1.165, 1.54) is 7.11 Å². The molecule has 3 N–H and O–H groups in total. The molecule has 0 aliphatic carbocycles. The average molecular weight is 256 g/mol. The van der Waals surface area contributed by atoms with Crippen LogP contribution in [0.2, 0.25) is 0 Å². The molecule has 0 fully saturated rings. The summed E-state index contributed by atoms with van der Waals surface area (Å²) in [6, 6.07) is -0.497. The molecule has 1 aromatic heterocycles. The zero-order chi connectivity index (χ0) is 13.2. The highest BCUT2D eigenvalue weighted by Crippen LogP contribution is 2.19. The van der Waals surface area contributed by atoms with E-state index in [0.29, 0.717) is 11.4 Å². The summed E-state index contributed by atoms with van der Waals surface area (Å²) < 4.78 is 6.24.